The van der Waals surface area contributed by atoms with Gasteiger partial charge < -0.3 is 10.1 Å². The number of nitrogens with one attached hydrogen (secondary N) is 1. The van der Waals surface area contributed by atoms with E-state index in [-0.39, 0.29) is 24.6 Å². The Labute approximate surface area is 123 Å². The van der Waals surface area contributed by atoms with Gasteiger partial charge in [0.25, 0.3) is 0 Å². The summed E-state index contributed by atoms with van der Waals surface area (Å²) in [6.45, 7) is 5.97. The molecule has 0 saturated carbocycles. The third kappa shape index (κ3) is 4.55. The number of nitrogens with zero attached hydrogens (tertiary/aromatic N) is 4. The van der Waals surface area contributed by atoms with E-state index in [1.807, 2.05) is 45.0 Å². The Morgan fingerprint density at radius 1 is 1.38 bits per heavy atom. The van der Waals surface area contributed by atoms with Crippen LogP contribution >= 0.6 is 0 Å². The van der Waals surface area contributed by atoms with Gasteiger partial charge in [-0.15, -0.1) is 5.10 Å². The SMILES string of the molecule is CC(C)Oc1cccc([C@@H](C)NC(=O)Cn2cnnn2)c1. The summed E-state index contributed by atoms with van der Waals surface area (Å²) in [5, 5.41) is 13.5. The quantitative estimate of drug-likeness (QED) is 0.867. The number of hydrogen-bond donors (Lipinski definition) is 1. The first-order valence-corrected chi connectivity index (χ1v) is 6.81. The average Bonchev–Trinajstić information content (AvgIpc) is 2.90. The van der Waals surface area contributed by atoms with Crippen molar-refractivity contribution in [1.29, 1.82) is 0 Å². The van der Waals surface area contributed by atoms with Gasteiger partial charge >= 0.3 is 0 Å². The molecule has 0 spiro atoms. The third-order valence-corrected chi connectivity index (χ3v) is 2.80. The van der Waals surface area contributed by atoms with Gasteiger partial charge in [-0.3, -0.25) is 4.79 Å². The molecule has 0 unspecified atom stereocenters. The molecule has 0 aliphatic heterocycles. The van der Waals surface area contributed by atoms with Crippen LogP contribution in [-0.4, -0.2) is 32.2 Å². The van der Waals surface area contributed by atoms with Crippen LogP contribution in [0.25, 0.3) is 0 Å². The molecule has 1 aromatic heterocycles. The second kappa shape index (κ2) is 6.83. The Balaban J connectivity index is 1.96. The fraction of sp³-hybridized carbons (Fsp3) is 0.429. The largest absolute Gasteiger partial charge is 0.491 e. The number of rotatable bonds is 6. The molecular formula is C14H19N5O2. The average molecular weight is 289 g/mol. The molecule has 2 rings (SSSR count). The zero-order valence-electron chi connectivity index (χ0n) is 12.4. The van der Waals surface area contributed by atoms with E-state index in [1.165, 1.54) is 11.0 Å². The van der Waals surface area contributed by atoms with Gasteiger partial charge in [0.15, 0.2) is 0 Å². The number of ether oxygens (including phenoxy) is 1. The summed E-state index contributed by atoms with van der Waals surface area (Å²) < 4.78 is 7.03. The smallest absolute Gasteiger partial charge is 0.242 e. The molecule has 1 N–H and O–H groups in total. The Kier molecular flexibility index (Phi) is 4.86. The minimum atomic E-state index is -0.148. The van der Waals surface area contributed by atoms with Gasteiger partial charge in [0.2, 0.25) is 5.91 Å². The van der Waals surface area contributed by atoms with E-state index >= 15 is 0 Å². The summed E-state index contributed by atoms with van der Waals surface area (Å²) >= 11 is 0. The molecule has 1 atom stereocenters. The maximum atomic E-state index is 11.9. The number of hydrogen-bond acceptors (Lipinski definition) is 5. The first-order valence-electron chi connectivity index (χ1n) is 6.81. The molecule has 1 aromatic carbocycles. The zero-order chi connectivity index (χ0) is 15.2. The fourth-order valence-corrected chi connectivity index (χ4v) is 1.90. The highest BCUT2D eigenvalue weighted by atomic mass is 16.5. The fourth-order valence-electron chi connectivity index (χ4n) is 1.90. The monoisotopic (exact) mass is 289 g/mol. The van der Waals surface area contributed by atoms with Crippen LogP contribution in [-0.2, 0) is 11.3 Å². The molecule has 0 aliphatic carbocycles. The van der Waals surface area contributed by atoms with Crippen molar-refractivity contribution in [2.75, 3.05) is 0 Å². The zero-order valence-corrected chi connectivity index (χ0v) is 12.4. The second-order valence-electron chi connectivity index (χ2n) is 5.04. The van der Waals surface area contributed by atoms with E-state index in [0.717, 1.165) is 11.3 Å². The lowest BCUT2D eigenvalue weighted by atomic mass is 10.1. The molecular weight excluding hydrogens is 270 g/mol. The number of carbonyl (C=O) groups is 1. The first kappa shape index (κ1) is 15.0. The Hall–Kier alpha value is -2.44. The van der Waals surface area contributed by atoms with Crippen molar-refractivity contribution >= 4 is 5.91 Å². The van der Waals surface area contributed by atoms with Crippen LogP contribution in [0.15, 0.2) is 30.6 Å². The predicted octanol–water partition coefficient (Wildman–Crippen LogP) is 1.34. The molecule has 1 heterocycles. The highest BCUT2D eigenvalue weighted by molar-refractivity contribution is 5.76. The molecule has 2 aromatic rings. The minimum absolute atomic E-state index is 0.0968. The Morgan fingerprint density at radius 2 is 2.19 bits per heavy atom. The van der Waals surface area contributed by atoms with Crippen molar-refractivity contribution in [1.82, 2.24) is 25.5 Å². The van der Waals surface area contributed by atoms with E-state index in [2.05, 4.69) is 20.8 Å². The lowest BCUT2D eigenvalue weighted by Crippen LogP contribution is -2.30. The van der Waals surface area contributed by atoms with E-state index in [1.54, 1.807) is 0 Å². The van der Waals surface area contributed by atoms with Crippen molar-refractivity contribution in [3.8, 4) is 5.75 Å². The van der Waals surface area contributed by atoms with Gasteiger partial charge in [0.05, 0.1) is 12.1 Å². The van der Waals surface area contributed by atoms with Crippen LogP contribution in [0, 0.1) is 0 Å². The molecule has 0 aliphatic rings. The maximum absolute atomic E-state index is 11.9. The molecule has 7 nitrogen and oxygen atoms in total. The van der Waals surface area contributed by atoms with Crippen LogP contribution in [0.5, 0.6) is 5.75 Å². The summed E-state index contributed by atoms with van der Waals surface area (Å²) in [6.07, 6.45) is 1.52. The number of amides is 1. The molecule has 21 heavy (non-hydrogen) atoms. The van der Waals surface area contributed by atoms with Crippen LogP contribution in [0.1, 0.15) is 32.4 Å². The Morgan fingerprint density at radius 3 is 2.86 bits per heavy atom. The molecule has 0 saturated heterocycles. The summed E-state index contributed by atoms with van der Waals surface area (Å²) in [5.74, 6) is 0.647. The van der Waals surface area contributed by atoms with Crippen molar-refractivity contribution < 1.29 is 9.53 Å². The number of benzene rings is 1. The molecule has 0 fully saturated rings. The van der Waals surface area contributed by atoms with Crippen molar-refractivity contribution in [2.24, 2.45) is 0 Å². The van der Waals surface area contributed by atoms with Gasteiger partial charge in [-0.25, -0.2) is 4.68 Å². The van der Waals surface area contributed by atoms with Crippen LogP contribution in [0.4, 0.5) is 0 Å². The standard InChI is InChI=1S/C14H19N5O2/c1-10(2)21-13-6-4-5-12(7-13)11(3)16-14(20)8-19-9-15-17-18-19/h4-7,9-11H,8H2,1-3H3,(H,16,20)/t11-/m1/s1. The van der Waals surface area contributed by atoms with E-state index in [4.69, 9.17) is 4.74 Å². The van der Waals surface area contributed by atoms with E-state index in [9.17, 15) is 4.79 Å². The van der Waals surface area contributed by atoms with E-state index < -0.39 is 0 Å². The topological polar surface area (TPSA) is 81.9 Å². The molecule has 112 valence electrons. The van der Waals surface area contributed by atoms with Crippen LogP contribution in [0.3, 0.4) is 0 Å². The predicted molar refractivity (Wildman–Crippen MR) is 76.6 cm³/mol. The number of tetrazole rings is 1. The number of aromatic nitrogens is 4. The number of carbonyl (C=O) groups excluding carboxylic acids is 1. The van der Waals surface area contributed by atoms with Gasteiger partial charge in [0.1, 0.15) is 18.6 Å². The van der Waals surface area contributed by atoms with Crippen LogP contribution in [0.2, 0.25) is 0 Å². The highest BCUT2D eigenvalue weighted by Crippen LogP contribution is 2.20. The third-order valence-electron chi connectivity index (χ3n) is 2.80. The summed E-state index contributed by atoms with van der Waals surface area (Å²) in [4.78, 5) is 11.9. The van der Waals surface area contributed by atoms with E-state index in [0.29, 0.717) is 0 Å². The minimum Gasteiger partial charge on any atom is -0.491 e. The Bertz CT molecular complexity index is 583. The summed E-state index contributed by atoms with van der Waals surface area (Å²) in [6, 6.07) is 7.58. The first-order chi connectivity index (χ1) is 10.0. The van der Waals surface area contributed by atoms with Crippen LogP contribution < -0.4 is 10.1 Å². The van der Waals surface area contributed by atoms with Gasteiger partial charge in [-0.2, -0.15) is 0 Å². The van der Waals surface area contributed by atoms with Gasteiger partial charge in [-0.05, 0) is 48.9 Å². The molecule has 0 bridgehead atoms. The maximum Gasteiger partial charge on any atom is 0.242 e. The van der Waals surface area contributed by atoms with Crippen molar-refractivity contribution in [3.05, 3.63) is 36.2 Å². The lowest BCUT2D eigenvalue weighted by Gasteiger charge is -2.16. The van der Waals surface area contributed by atoms with Gasteiger partial charge in [0, 0.05) is 0 Å². The lowest BCUT2D eigenvalue weighted by molar-refractivity contribution is -0.122. The second-order valence-corrected chi connectivity index (χ2v) is 5.04. The molecule has 1 amide bonds. The van der Waals surface area contributed by atoms with Crippen molar-refractivity contribution in [2.45, 2.75) is 39.5 Å². The normalized spacial score (nSPS) is 12.2. The molecule has 7 heteroatoms. The van der Waals surface area contributed by atoms with Crippen molar-refractivity contribution in [3.63, 3.8) is 0 Å². The highest BCUT2D eigenvalue weighted by Gasteiger charge is 2.11. The summed E-state index contributed by atoms with van der Waals surface area (Å²) in [7, 11) is 0. The molecule has 0 radical (unpaired) electrons. The van der Waals surface area contributed by atoms with Gasteiger partial charge in [-0.1, -0.05) is 12.1 Å². The summed E-state index contributed by atoms with van der Waals surface area (Å²) in [5.41, 5.74) is 0.984.